The standard InChI is InChI=1S/C15H12BrFN2O3/c1-9(19)12(7-18)14(20)8-22-15(21)5-2-10-6-11(16)3-4-13(10)17/h2-6,12,19H,8H2,1H3/b5-2+,19-9?. The van der Waals surface area contributed by atoms with Gasteiger partial charge in [0.25, 0.3) is 0 Å². The second-order valence-electron chi connectivity index (χ2n) is 4.32. The molecule has 1 aromatic carbocycles. The van der Waals surface area contributed by atoms with E-state index >= 15 is 0 Å². The van der Waals surface area contributed by atoms with Gasteiger partial charge in [-0.2, -0.15) is 5.26 Å². The van der Waals surface area contributed by atoms with Crippen LogP contribution in [0.2, 0.25) is 0 Å². The van der Waals surface area contributed by atoms with Crippen molar-refractivity contribution in [2.75, 3.05) is 6.61 Å². The van der Waals surface area contributed by atoms with Crippen molar-refractivity contribution in [1.82, 2.24) is 0 Å². The average molecular weight is 367 g/mol. The highest BCUT2D eigenvalue weighted by atomic mass is 79.9. The summed E-state index contributed by atoms with van der Waals surface area (Å²) in [6.45, 7) is 0.710. The van der Waals surface area contributed by atoms with Crippen LogP contribution in [0.4, 0.5) is 4.39 Å². The molecule has 0 heterocycles. The summed E-state index contributed by atoms with van der Waals surface area (Å²) in [6, 6.07) is 5.90. The van der Waals surface area contributed by atoms with Gasteiger partial charge in [0.15, 0.2) is 12.4 Å². The lowest BCUT2D eigenvalue weighted by molar-refractivity contribution is -0.143. The number of nitriles is 1. The molecular weight excluding hydrogens is 355 g/mol. The maximum atomic E-state index is 13.4. The third-order valence-corrected chi connectivity index (χ3v) is 3.09. The van der Waals surface area contributed by atoms with Crippen LogP contribution in [-0.4, -0.2) is 24.1 Å². The Hall–Kier alpha value is -2.33. The second kappa shape index (κ2) is 8.20. The number of carbonyl (C=O) groups is 2. The van der Waals surface area contributed by atoms with Gasteiger partial charge in [-0.1, -0.05) is 15.9 Å². The van der Waals surface area contributed by atoms with E-state index < -0.39 is 30.1 Å². The van der Waals surface area contributed by atoms with Gasteiger partial charge in [-0.25, -0.2) is 9.18 Å². The third kappa shape index (κ3) is 5.22. The first-order chi connectivity index (χ1) is 10.3. The zero-order valence-corrected chi connectivity index (χ0v) is 13.2. The van der Waals surface area contributed by atoms with E-state index in [2.05, 4.69) is 20.7 Å². The Balaban J connectivity index is 2.62. The molecule has 0 aliphatic heterocycles. The highest BCUT2D eigenvalue weighted by Gasteiger charge is 2.20. The van der Waals surface area contributed by atoms with E-state index in [0.29, 0.717) is 4.47 Å². The Bertz CT molecular complexity index is 680. The van der Waals surface area contributed by atoms with Crippen molar-refractivity contribution in [3.05, 3.63) is 40.1 Å². The number of hydrogen-bond donors (Lipinski definition) is 1. The molecule has 1 aromatic rings. The summed E-state index contributed by atoms with van der Waals surface area (Å²) in [4.78, 5) is 23.0. The molecule has 0 radical (unpaired) electrons. The number of rotatable bonds is 6. The van der Waals surface area contributed by atoms with Gasteiger partial charge >= 0.3 is 5.97 Å². The number of hydrogen-bond acceptors (Lipinski definition) is 5. The number of Topliss-reactive ketones (excluding diaryl/α,β-unsaturated/α-hetero) is 1. The molecule has 1 rings (SSSR count). The first-order valence-electron chi connectivity index (χ1n) is 6.12. The first kappa shape index (κ1) is 17.7. The molecule has 0 aliphatic carbocycles. The van der Waals surface area contributed by atoms with Gasteiger partial charge in [-0.15, -0.1) is 0 Å². The predicted molar refractivity (Wildman–Crippen MR) is 81.6 cm³/mol. The van der Waals surface area contributed by atoms with Crippen LogP contribution in [0.15, 0.2) is 28.7 Å². The van der Waals surface area contributed by atoms with Crippen LogP contribution >= 0.6 is 15.9 Å². The van der Waals surface area contributed by atoms with Gasteiger partial charge in [-0.3, -0.25) is 4.79 Å². The summed E-state index contributed by atoms with van der Waals surface area (Å²) in [5, 5.41) is 16.0. The van der Waals surface area contributed by atoms with Crippen molar-refractivity contribution >= 4 is 39.5 Å². The van der Waals surface area contributed by atoms with E-state index in [1.54, 1.807) is 6.07 Å². The number of nitrogens with zero attached hydrogens (tertiary/aromatic N) is 1. The van der Waals surface area contributed by atoms with Crippen LogP contribution in [0.5, 0.6) is 0 Å². The van der Waals surface area contributed by atoms with Crippen molar-refractivity contribution in [2.45, 2.75) is 6.92 Å². The van der Waals surface area contributed by atoms with Gasteiger partial charge in [0.05, 0.1) is 6.07 Å². The van der Waals surface area contributed by atoms with Gasteiger partial charge in [0.2, 0.25) is 0 Å². The van der Waals surface area contributed by atoms with E-state index in [4.69, 9.17) is 10.7 Å². The summed E-state index contributed by atoms with van der Waals surface area (Å²) in [7, 11) is 0. The lowest BCUT2D eigenvalue weighted by Crippen LogP contribution is -2.25. The number of halogens is 2. The van der Waals surface area contributed by atoms with Gasteiger partial charge in [0, 0.05) is 21.8 Å². The SMILES string of the molecule is CC(=N)C(C#N)C(=O)COC(=O)/C=C/c1cc(Br)ccc1F. The number of ketones is 1. The number of carbonyl (C=O) groups excluding carboxylic acids is 2. The minimum Gasteiger partial charge on any atom is -0.454 e. The second-order valence-corrected chi connectivity index (χ2v) is 5.23. The molecule has 0 aliphatic rings. The summed E-state index contributed by atoms with van der Waals surface area (Å²) in [6.07, 6.45) is 2.20. The summed E-state index contributed by atoms with van der Waals surface area (Å²) >= 11 is 3.18. The summed E-state index contributed by atoms with van der Waals surface area (Å²) in [5.41, 5.74) is 0.0678. The number of nitrogens with one attached hydrogen (secondary N) is 1. The number of esters is 1. The topological polar surface area (TPSA) is 91.0 Å². The quantitative estimate of drug-likeness (QED) is 0.476. The maximum absolute atomic E-state index is 13.4. The molecule has 0 amide bonds. The molecule has 0 saturated heterocycles. The molecule has 5 nitrogen and oxygen atoms in total. The average Bonchev–Trinajstić information content (AvgIpc) is 2.46. The zero-order valence-electron chi connectivity index (χ0n) is 11.6. The third-order valence-electron chi connectivity index (χ3n) is 2.60. The minimum atomic E-state index is -1.22. The van der Waals surface area contributed by atoms with Crippen LogP contribution < -0.4 is 0 Å². The molecule has 0 fully saturated rings. The van der Waals surface area contributed by atoms with Crippen LogP contribution in [0.1, 0.15) is 12.5 Å². The summed E-state index contributed by atoms with van der Waals surface area (Å²) < 4.78 is 18.8. The monoisotopic (exact) mass is 366 g/mol. The Morgan fingerprint density at radius 3 is 2.82 bits per heavy atom. The molecule has 114 valence electrons. The molecule has 1 atom stereocenters. The molecule has 0 spiro atoms. The molecule has 0 aromatic heterocycles. The van der Waals surface area contributed by atoms with E-state index in [-0.39, 0.29) is 11.3 Å². The van der Waals surface area contributed by atoms with Crippen LogP contribution in [-0.2, 0) is 14.3 Å². The lowest BCUT2D eigenvalue weighted by Gasteiger charge is -2.06. The van der Waals surface area contributed by atoms with Gasteiger partial charge in [0.1, 0.15) is 11.7 Å². The van der Waals surface area contributed by atoms with Crippen molar-refractivity contribution < 1.29 is 18.7 Å². The van der Waals surface area contributed by atoms with Crippen molar-refractivity contribution in [3.8, 4) is 6.07 Å². The van der Waals surface area contributed by atoms with Crippen LogP contribution in [0, 0.1) is 28.5 Å². The van der Waals surface area contributed by atoms with E-state index in [1.807, 2.05) is 0 Å². The first-order valence-corrected chi connectivity index (χ1v) is 6.91. The summed E-state index contributed by atoms with van der Waals surface area (Å²) in [5.74, 6) is -3.25. The molecule has 0 bridgehead atoms. The fourth-order valence-electron chi connectivity index (χ4n) is 1.48. The molecule has 0 saturated carbocycles. The highest BCUT2D eigenvalue weighted by molar-refractivity contribution is 9.10. The normalized spacial score (nSPS) is 11.7. The highest BCUT2D eigenvalue weighted by Crippen LogP contribution is 2.16. The molecule has 1 unspecified atom stereocenters. The number of benzene rings is 1. The Kier molecular flexibility index (Phi) is 6.60. The number of ether oxygens (including phenoxy) is 1. The van der Waals surface area contributed by atoms with E-state index in [0.717, 1.165) is 6.08 Å². The van der Waals surface area contributed by atoms with Crippen LogP contribution in [0.25, 0.3) is 6.08 Å². The van der Waals surface area contributed by atoms with E-state index in [9.17, 15) is 14.0 Å². The fourth-order valence-corrected chi connectivity index (χ4v) is 1.86. The lowest BCUT2D eigenvalue weighted by atomic mass is 10.0. The Labute approximate surface area is 135 Å². The van der Waals surface area contributed by atoms with Crippen molar-refractivity contribution in [1.29, 1.82) is 10.7 Å². The molecule has 22 heavy (non-hydrogen) atoms. The maximum Gasteiger partial charge on any atom is 0.331 e. The minimum absolute atomic E-state index is 0.115. The smallest absolute Gasteiger partial charge is 0.331 e. The van der Waals surface area contributed by atoms with E-state index in [1.165, 1.54) is 31.2 Å². The van der Waals surface area contributed by atoms with Crippen molar-refractivity contribution in [3.63, 3.8) is 0 Å². The molecule has 7 heteroatoms. The van der Waals surface area contributed by atoms with Gasteiger partial charge in [-0.05, 0) is 31.2 Å². The Morgan fingerprint density at radius 2 is 2.23 bits per heavy atom. The molecular formula is C15H12BrFN2O3. The predicted octanol–water partition coefficient (Wildman–Crippen LogP) is 2.89. The Morgan fingerprint density at radius 1 is 1.55 bits per heavy atom. The van der Waals surface area contributed by atoms with Crippen LogP contribution in [0.3, 0.4) is 0 Å². The molecule has 1 N–H and O–H groups in total. The zero-order chi connectivity index (χ0) is 16.7. The largest absolute Gasteiger partial charge is 0.454 e. The van der Waals surface area contributed by atoms with Gasteiger partial charge < -0.3 is 10.1 Å². The van der Waals surface area contributed by atoms with Crippen molar-refractivity contribution in [2.24, 2.45) is 5.92 Å². The fraction of sp³-hybridized carbons (Fsp3) is 0.200.